The topological polar surface area (TPSA) is 111 Å². The molecule has 0 fully saturated rings. The molecule has 0 spiro atoms. The summed E-state index contributed by atoms with van der Waals surface area (Å²) in [5.41, 5.74) is 0. The number of phosphoric ester groups is 1. The molecule has 10 heteroatoms. The van der Waals surface area contributed by atoms with Gasteiger partial charge < -0.3 is 27.9 Å². The zero-order valence-corrected chi connectivity index (χ0v) is 56.3. The van der Waals surface area contributed by atoms with Gasteiger partial charge in [-0.2, -0.15) is 0 Å². The lowest BCUT2D eigenvalue weighted by Gasteiger charge is -2.28. The summed E-state index contributed by atoms with van der Waals surface area (Å²) in [4.78, 5) is 38.0. The van der Waals surface area contributed by atoms with Crippen LogP contribution in [-0.2, 0) is 32.7 Å². The normalized spacial score (nSPS) is 13.5. The molecule has 0 aliphatic heterocycles. The number of allylic oxidation sites excluding steroid dienone is 10. The quantitative estimate of drug-likeness (QED) is 0.0195. The summed E-state index contributed by atoms with van der Waals surface area (Å²) in [5, 5.41) is 0. The molecule has 0 saturated heterocycles. The molecular formula is C73H136NO8P. The van der Waals surface area contributed by atoms with Gasteiger partial charge in [0, 0.05) is 12.8 Å². The number of nitrogens with zero attached hydrogens (tertiary/aromatic N) is 1. The van der Waals surface area contributed by atoms with Crippen molar-refractivity contribution in [2.75, 3.05) is 47.5 Å². The Balaban J connectivity index is 3.96. The molecule has 9 nitrogen and oxygen atoms in total. The third-order valence-electron chi connectivity index (χ3n) is 15.8. The molecule has 486 valence electrons. The van der Waals surface area contributed by atoms with E-state index >= 15 is 0 Å². The highest BCUT2D eigenvalue weighted by Gasteiger charge is 2.22. The highest BCUT2D eigenvalue weighted by atomic mass is 31.2. The number of rotatable bonds is 66. The number of ether oxygens (including phenoxy) is 2. The van der Waals surface area contributed by atoms with Crippen LogP contribution in [0.5, 0.6) is 0 Å². The average Bonchev–Trinajstić information content (AvgIpc) is 3.49. The molecule has 2 unspecified atom stereocenters. The Morgan fingerprint density at radius 2 is 0.687 bits per heavy atom. The third kappa shape index (κ3) is 68.7. The standard InChI is InChI=1S/C73H136NO8P/c1-6-8-10-12-14-16-18-20-22-24-26-28-30-31-32-33-34-35-36-37-38-39-40-41-42-44-45-47-49-51-53-55-57-59-61-63-65-72(75)79-69-71(70-81-83(77,78)80-68-67-74(3,4)5)82-73(76)66-64-62-60-58-56-54-52-50-48-46-43-29-27-25-23-21-19-17-15-13-11-9-7-2/h9,11,15,17,21,23,27,29,46,48,71H,6-8,10,12-14,16,18-20,22,24-26,28,30-45,47,49-70H2,1-5H3/b11-9-,17-15-,23-21-,29-27-,48-46-. The number of likely N-dealkylation sites (N-methyl/N-ethyl adjacent to an activating group) is 1. The van der Waals surface area contributed by atoms with Gasteiger partial charge in [0.25, 0.3) is 7.82 Å². The lowest BCUT2D eigenvalue weighted by atomic mass is 10.0. The van der Waals surface area contributed by atoms with E-state index in [1.54, 1.807) is 0 Å². The molecule has 0 aliphatic carbocycles. The molecule has 0 aromatic carbocycles. The van der Waals surface area contributed by atoms with Crippen molar-refractivity contribution in [2.45, 2.75) is 347 Å². The predicted molar refractivity (Wildman–Crippen MR) is 356 cm³/mol. The van der Waals surface area contributed by atoms with Crippen molar-refractivity contribution in [3.63, 3.8) is 0 Å². The van der Waals surface area contributed by atoms with Gasteiger partial charge in [-0.25, -0.2) is 0 Å². The summed E-state index contributed by atoms with van der Waals surface area (Å²) in [6.45, 7) is 4.16. The van der Waals surface area contributed by atoms with Crippen molar-refractivity contribution in [1.82, 2.24) is 0 Å². The first kappa shape index (κ1) is 80.7. The van der Waals surface area contributed by atoms with Gasteiger partial charge in [-0.15, -0.1) is 0 Å². The first-order valence-corrected chi connectivity index (χ1v) is 37.0. The smallest absolute Gasteiger partial charge is 0.306 e. The van der Waals surface area contributed by atoms with Crippen LogP contribution in [0.25, 0.3) is 0 Å². The second-order valence-corrected chi connectivity index (χ2v) is 26.6. The van der Waals surface area contributed by atoms with Crippen molar-refractivity contribution < 1.29 is 42.1 Å². The lowest BCUT2D eigenvalue weighted by Crippen LogP contribution is -2.37. The maximum Gasteiger partial charge on any atom is 0.306 e. The molecular weight excluding hydrogens is 1050 g/mol. The van der Waals surface area contributed by atoms with Gasteiger partial charge in [-0.1, -0.05) is 331 Å². The number of hydrogen-bond acceptors (Lipinski definition) is 8. The van der Waals surface area contributed by atoms with Crippen LogP contribution in [0.2, 0.25) is 0 Å². The monoisotopic (exact) mass is 1190 g/mol. The Kier molecular flexibility index (Phi) is 62.4. The van der Waals surface area contributed by atoms with Gasteiger partial charge >= 0.3 is 11.9 Å². The second-order valence-electron chi connectivity index (χ2n) is 25.2. The van der Waals surface area contributed by atoms with Crippen molar-refractivity contribution in [3.8, 4) is 0 Å². The SMILES string of the molecule is CC/C=C\C/C=C\C/C=C\C/C=C\C/C=C\CCCCCCCCCC(=O)OC(COC(=O)CCCCCCCCCCCCCCCCCCCCCCCCCCCCCCCCCCCCCC)COP(=O)([O-])OCC[N+](C)(C)C. The fraction of sp³-hybridized carbons (Fsp3) is 0.836. The van der Waals surface area contributed by atoms with Gasteiger partial charge in [0.2, 0.25) is 0 Å². The zero-order valence-electron chi connectivity index (χ0n) is 55.4. The fourth-order valence-corrected chi connectivity index (χ4v) is 11.1. The van der Waals surface area contributed by atoms with E-state index in [9.17, 15) is 19.0 Å². The minimum Gasteiger partial charge on any atom is -0.756 e. The van der Waals surface area contributed by atoms with E-state index in [1.807, 2.05) is 21.1 Å². The molecule has 0 N–H and O–H groups in total. The number of carbonyl (C=O) groups excluding carboxylic acids is 2. The maximum atomic E-state index is 12.8. The highest BCUT2D eigenvalue weighted by molar-refractivity contribution is 7.45. The molecule has 0 radical (unpaired) electrons. The van der Waals surface area contributed by atoms with Crippen LogP contribution in [0.4, 0.5) is 0 Å². The van der Waals surface area contributed by atoms with Gasteiger partial charge in [0.15, 0.2) is 6.10 Å². The summed E-state index contributed by atoms with van der Waals surface area (Å²) in [6.07, 6.45) is 84.7. The first-order valence-electron chi connectivity index (χ1n) is 35.5. The lowest BCUT2D eigenvalue weighted by molar-refractivity contribution is -0.870. The Morgan fingerprint density at radius 3 is 1.02 bits per heavy atom. The van der Waals surface area contributed by atoms with Crippen LogP contribution >= 0.6 is 7.82 Å². The van der Waals surface area contributed by atoms with E-state index in [4.69, 9.17) is 18.5 Å². The van der Waals surface area contributed by atoms with Gasteiger partial charge in [0.1, 0.15) is 19.8 Å². The van der Waals surface area contributed by atoms with Crippen LogP contribution < -0.4 is 4.89 Å². The predicted octanol–water partition coefficient (Wildman–Crippen LogP) is 22.4. The fourth-order valence-electron chi connectivity index (χ4n) is 10.4. The van der Waals surface area contributed by atoms with Crippen LogP contribution in [-0.4, -0.2) is 70.0 Å². The van der Waals surface area contributed by atoms with Crippen LogP contribution in [0, 0.1) is 0 Å². The summed E-state index contributed by atoms with van der Waals surface area (Å²) in [7, 11) is 1.16. The van der Waals surface area contributed by atoms with Crippen LogP contribution in [0.3, 0.4) is 0 Å². The Bertz CT molecular complexity index is 1580. The van der Waals surface area contributed by atoms with Crippen molar-refractivity contribution in [1.29, 1.82) is 0 Å². The molecule has 0 amide bonds. The molecule has 0 aromatic rings. The summed E-state index contributed by atoms with van der Waals surface area (Å²) in [6, 6.07) is 0. The molecule has 0 saturated carbocycles. The van der Waals surface area contributed by atoms with E-state index in [-0.39, 0.29) is 32.0 Å². The average molecular weight is 1190 g/mol. The zero-order chi connectivity index (χ0) is 60.5. The van der Waals surface area contributed by atoms with E-state index in [2.05, 4.69) is 74.6 Å². The van der Waals surface area contributed by atoms with Gasteiger partial charge in [-0.3, -0.25) is 14.2 Å². The van der Waals surface area contributed by atoms with Crippen LogP contribution in [0.1, 0.15) is 341 Å². The molecule has 83 heavy (non-hydrogen) atoms. The number of phosphoric acid groups is 1. The van der Waals surface area contributed by atoms with Crippen molar-refractivity contribution in [3.05, 3.63) is 60.8 Å². The Hall–Kier alpha value is -2.29. The summed E-state index contributed by atoms with van der Waals surface area (Å²) in [5.74, 6) is -0.834. The summed E-state index contributed by atoms with van der Waals surface area (Å²) < 4.78 is 34.3. The van der Waals surface area contributed by atoms with E-state index < -0.39 is 26.5 Å². The molecule has 0 heterocycles. The largest absolute Gasteiger partial charge is 0.756 e. The molecule has 0 aromatic heterocycles. The molecule has 0 rings (SSSR count). The number of esters is 2. The highest BCUT2D eigenvalue weighted by Crippen LogP contribution is 2.38. The van der Waals surface area contributed by atoms with Crippen molar-refractivity contribution >= 4 is 19.8 Å². The Labute approximate surface area is 515 Å². The summed E-state index contributed by atoms with van der Waals surface area (Å²) >= 11 is 0. The van der Waals surface area contributed by atoms with E-state index in [1.165, 1.54) is 231 Å². The number of carbonyl (C=O) groups is 2. The van der Waals surface area contributed by atoms with E-state index in [0.717, 1.165) is 77.0 Å². The number of unbranched alkanes of at least 4 members (excludes halogenated alkanes) is 42. The number of quaternary nitrogens is 1. The van der Waals surface area contributed by atoms with Gasteiger partial charge in [-0.05, 0) is 57.8 Å². The molecule has 2 atom stereocenters. The molecule has 0 bridgehead atoms. The van der Waals surface area contributed by atoms with Crippen molar-refractivity contribution in [2.24, 2.45) is 0 Å². The van der Waals surface area contributed by atoms with Gasteiger partial charge in [0.05, 0.1) is 27.7 Å². The second kappa shape index (κ2) is 64.2. The number of hydrogen-bond donors (Lipinski definition) is 0. The Morgan fingerprint density at radius 1 is 0.386 bits per heavy atom. The maximum absolute atomic E-state index is 12.8. The first-order chi connectivity index (χ1) is 40.5. The minimum absolute atomic E-state index is 0.0339. The minimum atomic E-state index is -4.65. The molecule has 0 aliphatic rings. The third-order valence-corrected chi connectivity index (χ3v) is 16.8. The van der Waals surface area contributed by atoms with E-state index in [0.29, 0.717) is 17.4 Å². The van der Waals surface area contributed by atoms with Crippen LogP contribution in [0.15, 0.2) is 60.8 Å².